The third-order valence-electron chi connectivity index (χ3n) is 4.42. The van der Waals surface area contributed by atoms with Gasteiger partial charge < -0.3 is 20.9 Å². The van der Waals surface area contributed by atoms with E-state index in [1.54, 1.807) is 7.05 Å². The zero-order valence-corrected chi connectivity index (χ0v) is 16.7. The van der Waals surface area contributed by atoms with Crippen molar-refractivity contribution in [2.45, 2.75) is 38.9 Å². The fourth-order valence-corrected chi connectivity index (χ4v) is 3.12. The molecule has 0 aliphatic carbocycles. The number of hydrogen-bond donors (Lipinski definition) is 3. The number of alkyl halides is 3. The summed E-state index contributed by atoms with van der Waals surface area (Å²) in [7, 11) is 1.70. The Morgan fingerprint density at radius 3 is 2.61 bits per heavy atom. The third-order valence-corrected chi connectivity index (χ3v) is 4.42. The van der Waals surface area contributed by atoms with Crippen molar-refractivity contribution in [3.63, 3.8) is 0 Å². The van der Waals surface area contributed by atoms with Crippen LogP contribution in [0.4, 0.5) is 19.1 Å². The average Bonchev–Trinajstić information content (AvgIpc) is 2.65. The zero-order chi connectivity index (χ0) is 20.6. The van der Waals surface area contributed by atoms with Crippen molar-refractivity contribution < 1.29 is 13.2 Å². The van der Waals surface area contributed by atoms with Gasteiger partial charge in [-0.2, -0.15) is 13.2 Å². The molecule has 0 saturated carbocycles. The molecule has 2 heterocycles. The first kappa shape index (κ1) is 22.2. The molecule has 1 aliphatic heterocycles. The third kappa shape index (κ3) is 7.49. The van der Waals surface area contributed by atoms with E-state index in [0.29, 0.717) is 31.0 Å². The maximum Gasteiger partial charge on any atom is 0.433 e. The summed E-state index contributed by atoms with van der Waals surface area (Å²) in [6.45, 7) is 8.58. The van der Waals surface area contributed by atoms with Crippen LogP contribution in [-0.2, 0) is 6.18 Å². The molecule has 1 saturated heterocycles. The molecule has 0 atom stereocenters. The first-order valence-corrected chi connectivity index (χ1v) is 9.61. The monoisotopic (exact) mass is 401 g/mol. The molecule has 3 N–H and O–H groups in total. The Morgan fingerprint density at radius 1 is 1.29 bits per heavy atom. The highest BCUT2D eigenvalue weighted by Gasteiger charge is 2.32. The highest BCUT2D eigenvalue weighted by atomic mass is 19.4. The number of hydrogen-bond acceptors (Lipinski definition) is 5. The first-order valence-electron chi connectivity index (χ1n) is 9.61. The molecule has 7 nitrogen and oxygen atoms in total. The van der Waals surface area contributed by atoms with Crippen LogP contribution in [0.25, 0.3) is 0 Å². The van der Waals surface area contributed by atoms with E-state index in [1.807, 2.05) is 0 Å². The van der Waals surface area contributed by atoms with Crippen LogP contribution in [-0.4, -0.2) is 66.6 Å². The summed E-state index contributed by atoms with van der Waals surface area (Å²) >= 11 is 0. The van der Waals surface area contributed by atoms with Gasteiger partial charge in [-0.1, -0.05) is 13.8 Å². The molecule has 1 aromatic rings. The predicted molar refractivity (Wildman–Crippen MR) is 104 cm³/mol. The van der Waals surface area contributed by atoms with Crippen LogP contribution >= 0.6 is 0 Å². The molecule has 10 heteroatoms. The normalized spacial score (nSPS) is 17.0. The van der Waals surface area contributed by atoms with Gasteiger partial charge in [0.1, 0.15) is 5.69 Å². The van der Waals surface area contributed by atoms with Crippen LogP contribution in [0.1, 0.15) is 32.4 Å². The summed E-state index contributed by atoms with van der Waals surface area (Å²) < 4.78 is 38.0. The Kier molecular flexibility index (Phi) is 8.28. The second-order valence-corrected chi connectivity index (χ2v) is 7.30. The maximum absolute atomic E-state index is 12.7. The number of nitrogens with one attached hydrogen (secondary N) is 3. The van der Waals surface area contributed by atoms with E-state index in [-0.39, 0.29) is 5.95 Å². The molecule has 0 aromatic carbocycles. The smallest absolute Gasteiger partial charge is 0.355 e. The molecule has 0 unspecified atom stereocenters. The van der Waals surface area contributed by atoms with Crippen LogP contribution in [0, 0.1) is 5.92 Å². The van der Waals surface area contributed by atoms with Crippen molar-refractivity contribution in [3.8, 4) is 0 Å². The van der Waals surface area contributed by atoms with Crippen LogP contribution in [0.5, 0.6) is 0 Å². The van der Waals surface area contributed by atoms with E-state index in [4.69, 9.17) is 0 Å². The molecule has 1 fully saturated rings. The molecule has 1 aromatic heterocycles. The van der Waals surface area contributed by atoms with Gasteiger partial charge in [0, 0.05) is 52.0 Å². The van der Waals surface area contributed by atoms with Gasteiger partial charge >= 0.3 is 6.18 Å². The molecule has 0 bridgehead atoms. The minimum Gasteiger partial charge on any atom is -0.355 e. The van der Waals surface area contributed by atoms with E-state index in [9.17, 15) is 13.2 Å². The molecule has 0 spiro atoms. The Bertz CT molecular complexity index is 626. The molecule has 2 rings (SSSR count). The van der Waals surface area contributed by atoms with Crippen LogP contribution in [0.3, 0.4) is 0 Å². The first-order chi connectivity index (χ1) is 13.3. The molecule has 1 aliphatic rings. The Morgan fingerprint density at radius 2 is 2.00 bits per heavy atom. The van der Waals surface area contributed by atoms with Gasteiger partial charge in [0.15, 0.2) is 5.96 Å². The molecular weight excluding hydrogens is 371 g/mol. The highest BCUT2D eigenvalue weighted by molar-refractivity contribution is 5.80. The van der Waals surface area contributed by atoms with E-state index in [2.05, 4.69) is 49.7 Å². The summed E-state index contributed by atoms with van der Waals surface area (Å²) in [5.41, 5.74) is -0.959. The van der Waals surface area contributed by atoms with Crippen molar-refractivity contribution in [3.05, 3.63) is 18.0 Å². The van der Waals surface area contributed by atoms with Gasteiger partial charge in [0.05, 0.1) is 0 Å². The largest absolute Gasteiger partial charge is 0.433 e. The number of nitrogens with zero attached hydrogens (tertiary/aromatic N) is 4. The molecule has 0 radical (unpaired) electrons. The van der Waals surface area contributed by atoms with Crippen molar-refractivity contribution in [2.24, 2.45) is 10.9 Å². The standard InChI is InChI=1S/C18H30F3N7/c1-13(2)12-28-10-5-14(6-11-28)26-16(22-3)24-8-9-25-17-23-7-4-15(27-17)18(19,20)21/h4,7,13-14H,5-6,8-12H2,1-3H3,(H2,22,24,26)(H,23,25,27). The van der Waals surface area contributed by atoms with E-state index >= 15 is 0 Å². The van der Waals surface area contributed by atoms with Gasteiger partial charge in [-0.25, -0.2) is 9.97 Å². The summed E-state index contributed by atoms with van der Waals surface area (Å²) in [5, 5.41) is 9.36. The fourth-order valence-electron chi connectivity index (χ4n) is 3.12. The lowest BCUT2D eigenvalue weighted by molar-refractivity contribution is -0.141. The summed E-state index contributed by atoms with van der Waals surface area (Å²) in [4.78, 5) is 14.0. The van der Waals surface area contributed by atoms with Gasteiger partial charge in [-0.3, -0.25) is 4.99 Å². The number of aromatic nitrogens is 2. The SMILES string of the molecule is CN=C(NCCNc1nccc(C(F)(F)F)n1)NC1CCN(CC(C)C)CC1. The number of likely N-dealkylation sites (tertiary alicyclic amines) is 1. The summed E-state index contributed by atoms with van der Waals surface area (Å²) in [5.74, 6) is 1.32. The number of anilines is 1. The molecular formula is C18H30F3N7. The second-order valence-electron chi connectivity index (χ2n) is 7.30. The lowest BCUT2D eigenvalue weighted by Crippen LogP contribution is -2.49. The van der Waals surface area contributed by atoms with E-state index < -0.39 is 11.9 Å². The van der Waals surface area contributed by atoms with Crippen molar-refractivity contribution in [2.75, 3.05) is 45.1 Å². The fraction of sp³-hybridized carbons (Fsp3) is 0.722. The molecule has 28 heavy (non-hydrogen) atoms. The molecule has 158 valence electrons. The van der Waals surface area contributed by atoms with Crippen molar-refractivity contribution in [1.29, 1.82) is 0 Å². The predicted octanol–water partition coefficient (Wildman–Crippen LogP) is 2.19. The number of rotatable bonds is 7. The van der Waals surface area contributed by atoms with Gasteiger partial charge in [0.25, 0.3) is 0 Å². The van der Waals surface area contributed by atoms with Gasteiger partial charge in [-0.15, -0.1) is 0 Å². The quantitative estimate of drug-likeness (QED) is 0.369. The minimum absolute atomic E-state index is 0.0444. The van der Waals surface area contributed by atoms with E-state index in [0.717, 1.165) is 44.7 Å². The molecule has 0 amide bonds. The Balaban J connectivity index is 1.69. The van der Waals surface area contributed by atoms with Crippen molar-refractivity contribution >= 4 is 11.9 Å². The van der Waals surface area contributed by atoms with Crippen molar-refractivity contribution in [1.82, 2.24) is 25.5 Å². The summed E-state index contributed by atoms with van der Waals surface area (Å²) in [6.07, 6.45) is -1.26. The van der Waals surface area contributed by atoms with Gasteiger partial charge in [-0.05, 0) is 24.8 Å². The average molecular weight is 401 g/mol. The second kappa shape index (κ2) is 10.4. The number of aliphatic imine (C=N–C) groups is 1. The zero-order valence-electron chi connectivity index (χ0n) is 16.7. The minimum atomic E-state index is -4.48. The lowest BCUT2D eigenvalue weighted by Gasteiger charge is -2.34. The highest BCUT2D eigenvalue weighted by Crippen LogP contribution is 2.27. The lowest BCUT2D eigenvalue weighted by atomic mass is 10.0. The number of halogens is 3. The van der Waals surface area contributed by atoms with Crippen LogP contribution < -0.4 is 16.0 Å². The van der Waals surface area contributed by atoms with Crippen LogP contribution in [0.2, 0.25) is 0 Å². The van der Waals surface area contributed by atoms with E-state index in [1.165, 1.54) is 0 Å². The topological polar surface area (TPSA) is 77.5 Å². The summed E-state index contributed by atoms with van der Waals surface area (Å²) in [6, 6.07) is 1.22. The van der Waals surface area contributed by atoms with Gasteiger partial charge in [0.2, 0.25) is 5.95 Å². The van der Waals surface area contributed by atoms with Crippen LogP contribution in [0.15, 0.2) is 17.3 Å². The number of guanidine groups is 1. The number of piperidine rings is 1. The maximum atomic E-state index is 12.7. The Labute approximate surface area is 164 Å². The Hall–Kier alpha value is -2.10.